The lowest BCUT2D eigenvalue weighted by molar-refractivity contribution is 0.448. The number of hydrogen-bond acceptors (Lipinski definition) is 1. The monoisotopic (exact) mass is 264 g/mol. The molecule has 0 aromatic heterocycles. The number of nitrogens with one attached hydrogen (secondary N) is 2. The molecule has 0 unspecified atom stereocenters. The molecule has 0 spiro atoms. The van der Waals surface area contributed by atoms with Crippen molar-refractivity contribution in [1.82, 2.24) is 5.32 Å². The lowest BCUT2D eigenvalue weighted by atomic mass is 10.0. The Balaban J connectivity index is 2.83. The van der Waals surface area contributed by atoms with E-state index in [4.69, 9.17) is 12.2 Å². The predicted molar refractivity (Wildman–Crippen MR) is 84.4 cm³/mol. The van der Waals surface area contributed by atoms with Gasteiger partial charge in [0.2, 0.25) is 0 Å². The van der Waals surface area contributed by atoms with Crippen LogP contribution in [0.15, 0.2) is 12.1 Å². The molecule has 0 amide bonds. The van der Waals surface area contributed by atoms with Crippen molar-refractivity contribution < 1.29 is 0 Å². The molecule has 1 rings (SSSR count). The van der Waals surface area contributed by atoms with E-state index in [0.29, 0.717) is 5.11 Å². The highest BCUT2D eigenvalue weighted by Gasteiger charge is 2.16. The third-order valence-electron chi connectivity index (χ3n) is 3.25. The first-order chi connectivity index (χ1) is 8.25. The molecule has 2 N–H and O–H groups in total. The summed E-state index contributed by atoms with van der Waals surface area (Å²) in [7, 11) is 0. The fourth-order valence-electron chi connectivity index (χ4n) is 1.92. The number of anilines is 1. The number of hydrogen-bond donors (Lipinski definition) is 2. The third kappa shape index (κ3) is 3.98. The summed E-state index contributed by atoms with van der Waals surface area (Å²) in [6.45, 7) is 12.8. The second kappa shape index (κ2) is 5.70. The fourth-order valence-corrected chi connectivity index (χ4v) is 2.30. The number of benzene rings is 1. The van der Waals surface area contributed by atoms with E-state index in [1.54, 1.807) is 0 Å². The first-order valence-corrected chi connectivity index (χ1v) is 6.83. The second-order valence-corrected chi connectivity index (χ2v) is 6.00. The van der Waals surface area contributed by atoms with Crippen LogP contribution in [0.3, 0.4) is 0 Å². The Bertz CT molecular complexity index is 427. The van der Waals surface area contributed by atoms with Gasteiger partial charge in [0.15, 0.2) is 5.11 Å². The van der Waals surface area contributed by atoms with Gasteiger partial charge in [0.1, 0.15) is 0 Å². The largest absolute Gasteiger partial charge is 0.358 e. The average Bonchev–Trinajstić information content (AvgIpc) is 2.22. The van der Waals surface area contributed by atoms with E-state index in [2.05, 4.69) is 64.3 Å². The summed E-state index contributed by atoms with van der Waals surface area (Å²) in [5.41, 5.74) is 4.88. The zero-order valence-corrected chi connectivity index (χ0v) is 13.1. The maximum atomic E-state index is 5.38. The van der Waals surface area contributed by atoms with Gasteiger partial charge in [-0.1, -0.05) is 24.6 Å². The SMILES string of the molecule is CCC(C)(C)NC(=S)Nc1c(C)cc(C)cc1C. The summed E-state index contributed by atoms with van der Waals surface area (Å²) in [6.07, 6.45) is 1.03. The maximum Gasteiger partial charge on any atom is 0.171 e. The van der Waals surface area contributed by atoms with Gasteiger partial charge in [-0.05, 0) is 64.4 Å². The minimum absolute atomic E-state index is 0.0244. The molecule has 0 heterocycles. The van der Waals surface area contributed by atoms with Gasteiger partial charge in [-0.25, -0.2) is 0 Å². The summed E-state index contributed by atoms with van der Waals surface area (Å²) < 4.78 is 0. The van der Waals surface area contributed by atoms with Crippen LogP contribution in [-0.4, -0.2) is 10.7 Å². The molecule has 0 atom stereocenters. The van der Waals surface area contributed by atoms with Gasteiger partial charge in [-0.15, -0.1) is 0 Å². The molecule has 3 heteroatoms. The van der Waals surface area contributed by atoms with Gasteiger partial charge in [-0.3, -0.25) is 0 Å². The van der Waals surface area contributed by atoms with Crippen molar-refractivity contribution >= 4 is 23.0 Å². The molecule has 1 aromatic rings. The van der Waals surface area contributed by atoms with Crippen molar-refractivity contribution in [2.75, 3.05) is 5.32 Å². The molecule has 0 aliphatic rings. The van der Waals surface area contributed by atoms with Crippen molar-refractivity contribution in [3.05, 3.63) is 28.8 Å². The predicted octanol–water partition coefficient (Wildman–Crippen LogP) is 4.09. The Morgan fingerprint density at radius 2 is 1.67 bits per heavy atom. The summed E-state index contributed by atoms with van der Waals surface area (Å²) in [5, 5.41) is 7.35. The van der Waals surface area contributed by atoms with E-state index >= 15 is 0 Å². The summed E-state index contributed by atoms with van der Waals surface area (Å²) in [5.74, 6) is 0. The molecule has 0 fully saturated rings. The zero-order chi connectivity index (χ0) is 13.9. The minimum atomic E-state index is 0.0244. The molecule has 0 saturated carbocycles. The molecular weight excluding hydrogens is 240 g/mol. The molecule has 0 saturated heterocycles. The van der Waals surface area contributed by atoms with Crippen LogP contribution in [0.1, 0.15) is 43.9 Å². The van der Waals surface area contributed by atoms with Crippen molar-refractivity contribution in [2.24, 2.45) is 0 Å². The Labute approximate surface area is 116 Å². The molecule has 100 valence electrons. The van der Waals surface area contributed by atoms with Crippen LogP contribution in [0.4, 0.5) is 5.69 Å². The summed E-state index contributed by atoms with van der Waals surface area (Å²) >= 11 is 5.38. The van der Waals surface area contributed by atoms with Gasteiger partial charge >= 0.3 is 0 Å². The smallest absolute Gasteiger partial charge is 0.171 e. The molecule has 2 nitrogen and oxygen atoms in total. The van der Waals surface area contributed by atoms with Crippen LogP contribution in [0.25, 0.3) is 0 Å². The highest BCUT2D eigenvalue weighted by Crippen LogP contribution is 2.22. The summed E-state index contributed by atoms with van der Waals surface area (Å²) in [4.78, 5) is 0. The quantitative estimate of drug-likeness (QED) is 0.804. The topological polar surface area (TPSA) is 24.1 Å². The standard InChI is InChI=1S/C15H24N2S/c1-7-15(5,6)17-14(18)16-13-11(3)8-10(2)9-12(13)4/h8-9H,7H2,1-6H3,(H2,16,17,18). The number of thiocarbonyl (C=S) groups is 1. The Hall–Kier alpha value is -1.09. The molecular formula is C15H24N2S. The van der Waals surface area contributed by atoms with Crippen LogP contribution >= 0.6 is 12.2 Å². The van der Waals surface area contributed by atoms with Crippen molar-refractivity contribution in [3.8, 4) is 0 Å². The first-order valence-electron chi connectivity index (χ1n) is 6.42. The van der Waals surface area contributed by atoms with Crippen LogP contribution in [-0.2, 0) is 0 Å². The first kappa shape index (κ1) is 15.0. The van der Waals surface area contributed by atoms with Crippen molar-refractivity contribution in [2.45, 2.75) is 53.5 Å². The lowest BCUT2D eigenvalue weighted by Gasteiger charge is -2.27. The maximum absolute atomic E-state index is 5.38. The second-order valence-electron chi connectivity index (χ2n) is 5.59. The van der Waals surface area contributed by atoms with Crippen molar-refractivity contribution in [3.63, 3.8) is 0 Å². The normalized spacial score (nSPS) is 11.2. The fraction of sp³-hybridized carbons (Fsp3) is 0.533. The molecule has 1 aromatic carbocycles. The average molecular weight is 264 g/mol. The Morgan fingerprint density at radius 1 is 1.17 bits per heavy atom. The zero-order valence-electron chi connectivity index (χ0n) is 12.3. The Morgan fingerprint density at radius 3 is 2.11 bits per heavy atom. The highest BCUT2D eigenvalue weighted by molar-refractivity contribution is 7.80. The van der Waals surface area contributed by atoms with Gasteiger partial charge in [0.05, 0.1) is 0 Å². The molecule has 0 aliphatic heterocycles. The van der Waals surface area contributed by atoms with Crippen LogP contribution in [0.2, 0.25) is 0 Å². The van der Waals surface area contributed by atoms with E-state index in [-0.39, 0.29) is 5.54 Å². The van der Waals surface area contributed by atoms with E-state index in [1.807, 2.05) is 0 Å². The van der Waals surface area contributed by atoms with E-state index in [1.165, 1.54) is 16.7 Å². The van der Waals surface area contributed by atoms with Crippen molar-refractivity contribution in [1.29, 1.82) is 0 Å². The minimum Gasteiger partial charge on any atom is -0.358 e. The van der Waals surface area contributed by atoms with Gasteiger partial charge < -0.3 is 10.6 Å². The third-order valence-corrected chi connectivity index (χ3v) is 3.46. The van der Waals surface area contributed by atoms with E-state index < -0.39 is 0 Å². The highest BCUT2D eigenvalue weighted by atomic mass is 32.1. The number of aryl methyl sites for hydroxylation is 3. The molecule has 0 radical (unpaired) electrons. The lowest BCUT2D eigenvalue weighted by Crippen LogP contribution is -2.45. The van der Waals surface area contributed by atoms with Gasteiger partial charge in [0.25, 0.3) is 0 Å². The number of rotatable bonds is 3. The Kier molecular flexibility index (Phi) is 4.74. The summed E-state index contributed by atoms with van der Waals surface area (Å²) in [6, 6.07) is 4.34. The molecule has 18 heavy (non-hydrogen) atoms. The molecule has 0 bridgehead atoms. The van der Waals surface area contributed by atoms with Crippen LogP contribution < -0.4 is 10.6 Å². The van der Waals surface area contributed by atoms with Crippen LogP contribution in [0, 0.1) is 20.8 Å². The van der Waals surface area contributed by atoms with E-state index in [9.17, 15) is 0 Å². The van der Waals surface area contributed by atoms with Gasteiger partial charge in [0, 0.05) is 11.2 Å². The van der Waals surface area contributed by atoms with E-state index in [0.717, 1.165) is 12.1 Å². The van der Waals surface area contributed by atoms with Gasteiger partial charge in [-0.2, -0.15) is 0 Å². The molecule has 0 aliphatic carbocycles. The van der Waals surface area contributed by atoms with Crippen LogP contribution in [0.5, 0.6) is 0 Å².